The van der Waals surface area contributed by atoms with Gasteiger partial charge in [-0.25, -0.2) is 0 Å². The lowest BCUT2D eigenvalue weighted by Gasteiger charge is -2.19. The van der Waals surface area contributed by atoms with Gasteiger partial charge in [0, 0.05) is 10.6 Å². The molecule has 3 rings (SSSR count). The molecule has 0 fully saturated rings. The second kappa shape index (κ2) is 6.95. The van der Waals surface area contributed by atoms with Crippen molar-refractivity contribution in [3.63, 3.8) is 0 Å². The van der Waals surface area contributed by atoms with Gasteiger partial charge in [-0.05, 0) is 36.8 Å². The Morgan fingerprint density at radius 1 is 0.783 bits per heavy atom. The smallest absolute Gasteiger partial charge is 0.261 e. The van der Waals surface area contributed by atoms with Crippen molar-refractivity contribution in [1.29, 1.82) is 0 Å². The molecule has 3 aromatic rings. The highest BCUT2D eigenvalue weighted by Crippen LogP contribution is 2.45. The minimum absolute atomic E-state index is 0.322. The van der Waals surface area contributed by atoms with Crippen molar-refractivity contribution in [1.82, 2.24) is 0 Å². The fourth-order valence-electron chi connectivity index (χ4n) is 2.51. The lowest BCUT2D eigenvalue weighted by molar-refractivity contribution is 0.316. The van der Waals surface area contributed by atoms with Gasteiger partial charge in [-0.1, -0.05) is 66.2 Å². The zero-order valence-corrected chi connectivity index (χ0v) is 13.9. The Morgan fingerprint density at radius 2 is 1.35 bits per heavy atom. The monoisotopic (exact) mass is 322 g/mol. The minimum atomic E-state index is -3.10. The molecule has 0 aliphatic rings. The summed E-state index contributed by atoms with van der Waals surface area (Å²) in [4.78, 5) is 0. The average molecular weight is 322 g/mol. The molecule has 0 unspecified atom stereocenters. The van der Waals surface area contributed by atoms with E-state index in [4.69, 9.17) is 4.52 Å². The summed E-state index contributed by atoms with van der Waals surface area (Å²) in [5.41, 5.74) is 2.19. The van der Waals surface area contributed by atoms with E-state index in [0.717, 1.165) is 16.2 Å². The third-order valence-electron chi connectivity index (χ3n) is 3.69. The first-order valence-electron chi connectivity index (χ1n) is 7.60. The maximum atomic E-state index is 13.7. The van der Waals surface area contributed by atoms with Crippen LogP contribution in [0.25, 0.3) is 0 Å². The van der Waals surface area contributed by atoms with Crippen LogP contribution in [0.1, 0.15) is 11.1 Å². The van der Waals surface area contributed by atoms with Crippen LogP contribution in [-0.4, -0.2) is 0 Å². The van der Waals surface area contributed by atoms with Crippen molar-refractivity contribution in [3.05, 3.63) is 96.1 Å². The van der Waals surface area contributed by atoms with Crippen molar-refractivity contribution >= 4 is 18.0 Å². The predicted octanol–water partition coefficient (Wildman–Crippen LogP) is 4.44. The van der Waals surface area contributed by atoms with Crippen LogP contribution in [-0.2, 0) is 15.7 Å². The van der Waals surface area contributed by atoms with Gasteiger partial charge in [0.2, 0.25) is 0 Å². The molecule has 0 aromatic heterocycles. The molecule has 0 saturated heterocycles. The second-order valence-corrected chi connectivity index (χ2v) is 7.88. The van der Waals surface area contributed by atoms with Crippen LogP contribution in [0, 0.1) is 6.92 Å². The molecular weight excluding hydrogens is 303 g/mol. The summed E-state index contributed by atoms with van der Waals surface area (Å²) in [6.45, 7) is 2.36. The first kappa shape index (κ1) is 15.7. The fraction of sp³-hybridized carbons (Fsp3) is 0.100. The first-order chi connectivity index (χ1) is 11.2. The lowest BCUT2D eigenvalue weighted by Crippen LogP contribution is -2.18. The maximum Gasteiger partial charge on any atom is 0.261 e. The largest absolute Gasteiger partial charge is 0.317 e. The molecule has 0 saturated carbocycles. The quantitative estimate of drug-likeness (QED) is 0.649. The van der Waals surface area contributed by atoms with Gasteiger partial charge in [-0.15, -0.1) is 0 Å². The van der Waals surface area contributed by atoms with E-state index in [1.54, 1.807) is 0 Å². The van der Waals surface area contributed by atoms with Gasteiger partial charge >= 0.3 is 0 Å². The van der Waals surface area contributed by atoms with Gasteiger partial charge in [0.25, 0.3) is 7.37 Å². The Labute approximate surface area is 137 Å². The summed E-state index contributed by atoms with van der Waals surface area (Å²) >= 11 is 0. The summed E-state index contributed by atoms with van der Waals surface area (Å²) in [6.07, 6.45) is 0. The molecule has 2 nitrogen and oxygen atoms in total. The summed E-state index contributed by atoms with van der Waals surface area (Å²) in [7, 11) is -3.10. The van der Waals surface area contributed by atoms with Crippen molar-refractivity contribution < 1.29 is 9.09 Å². The van der Waals surface area contributed by atoms with Gasteiger partial charge < -0.3 is 4.52 Å². The molecular formula is C20H19O2P. The lowest BCUT2D eigenvalue weighted by atomic mass is 10.1. The van der Waals surface area contributed by atoms with Crippen LogP contribution >= 0.6 is 7.37 Å². The SMILES string of the molecule is Cc1cccc(COP(=O)(c2ccccc2)c2ccccc2)c1. The van der Waals surface area contributed by atoms with Gasteiger partial charge in [-0.3, -0.25) is 4.57 Å². The molecule has 0 radical (unpaired) electrons. The summed E-state index contributed by atoms with van der Waals surface area (Å²) < 4.78 is 19.7. The van der Waals surface area contributed by atoms with Crippen molar-refractivity contribution in [2.75, 3.05) is 0 Å². The van der Waals surface area contributed by atoms with Crippen LogP contribution in [0.5, 0.6) is 0 Å². The van der Waals surface area contributed by atoms with Crippen LogP contribution in [0.3, 0.4) is 0 Å². The highest BCUT2D eigenvalue weighted by atomic mass is 31.2. The second-order valence-electron chi connectivity index (χ2n) is 5.49. The zero-order chi connectivity index (χ0) is 16.1. The molecule has 116 valence electrons. The molecule has 3 aromatic carbocycles. The van der Waals surface area contributed by atoms with E-state index in [-0.39, 0.29) is 0 Å². The molecule has 0 N–H and O–H groups in total. The van der Waals surface area contributed by atoms with Crippen molar-refractivity contribution in [3.8, 4) is 0 Å². The van der Waals surface area contributed by atoms with Crippen LogP contribution in [0.4, 0.5) is 0 Å². The highest BCUT2D eigenvalue weighted by molar-refractivity contribution is 7.74. The number of aryl methyl sites for hydroxylation is 1. The predicted molar refractivity (Wildman–Crippen MR) is 95.7 cm³/mol. The molecule has 0 aliphatic heterocycles. The molecule has 23 heavy (non-hydrogen) atoms. The molecule has 0 atom stereocenters. The topological polar surface area (TPSA) is 26.3 Å². The van der Waals surface area contributed by atoms with Crippen LogP contribution in [0.2, 0.25) is 0 Å². The molecule has 0 aliphatic carbocycles. The summed E-state index contributed by atoms with van der Waals surface area (Å²) in [5.74, 6) is 0. The zero-order valence-electron chi connectivity index (χ0n) is 13.1. The van der Waals surface area contributed by atoms with E-state index < -0.39 is 7.37 Å². The maximum absolute atomic E-state index is 13.7. The number of hydrogen-bond donors (Lipinski definition) is 0. The third kappa shape index (κ3) is 3.61. The van der Waals surface area contributed by atoms with Gasteiger partial charge in [-0.2, -0.15) is 0 Å². The van der Waals surface area contributed by atoms with E-state index in [0.29, 0.717) is 6.61 Å². The Kier molecular flexibility index (Phi) is 4.76. The third-order valence-corrected chi connectivity index (χ3v) is 6.14. The van der Waals surface area contributed by atoms with Gasteiger partial charge in [0.1, 0.15) is 0 Å². The summed E-state index contributed by atoms with van der Waals surface area (Å²) in [6, 6.07) is 26.9. The van der Waals surface area contributed by atoms with E-state index in [1.165, 1.54) is 5.56 Å². The standard InChI is InChI=1S/C20H19O2P/c1-17-9-8-10-18(15-17)16-22-23(21,19-11-4-2-5-12-19)20-13-6-3-7-14-20/h2-15H,16H2,1H3. The van der Waals surface area contributed by atoms with E-state index in [9.17, 15) is 4.57 Å². The fourth-order valence-corrected chi connectivity index (χ4v) is 4.57. The Bertz CT molecular complexity index is 770. The van der Waals surface area contributed by atoms with Crippen LogP contribution in [0.15, 0.2) is 84.9 Å². The minimum Gasteiger partial charge on any atom is -0.317 e. The molecule has 0 bridgehead atoms. The average Bonchev–Trinajstić information content (AvgIpc) is 2.61. The number of hydrogen-bond acceptors (Lipinski definition) is 2. The van der Waals surface area contributed by atoms with Gasteiger partial charge in [0.05, 0.1) is 6.61 Å². The van der Waals surface area contributed by atoms with E-state index >= 15 is 0 Å². The van der Waals surface area contributed by atoms with Crippen molar-refractivity contribution in [2.24, 2.45) is 0 Å². The molecule has 0 heterocycles. The Morgan fingerprint density at radius 3 is 1.87 bits per heavy atom. The molecule has 3 heteroatoms. The molecule has 0 amide bonds. The normalized spacial score (nSPS) is 11.3. The summed E-state index contributed by atoms with van der Waals surface area (Å²) in [5, 5.41) is 1.44. The van der Waals surface area contributed by atoms with E-state index in [2.05, 4.69) is 6.07 Å². The van der Waals surface area contributed by atoms with Crippen molar-refractivity contribution in [2.45, 2.75) is 13.5 Å². The number of rotatable bonds is 5. The van der Waals surface area contributed by atoms with Crippen LogP contribution < -0.4 is 10.6 Å². The first-order valence-corrected chi connectivity index (χ1v) is 9.22. The molecule has 0 spiro atoms. The van der Waals surface area contributed by atoms with Gasteiger partial charge in [0.15, 0.2) is 0 Å². The highest BCUT2D eigenvalue weighted by Gasteiger charge is 2.28. The Hall–Kier alpha value is -2.15. The van der Waals surface area contributed by atoms with E-state index in [1.807, 2.05) is 85.8 Å². The Balaban J connectivity index is 1.95. The number of benzene rings is 3.